The van der Waals surface area contributed by atoms with E-state index in [0.29, 0.717) is 17.4 Å². The van der Waals surface area contributed by atoms with Crippen molar-refractivity contribution in [2.75, 3.05) is 0 Å². The Hall–Kier alpha value is 0.636. The van der Waals surface area contributed by atoms with Crippen LogP contribution in [0, 0.1) is 11.3 Å². The van der Waals surface area contributed by atoms with E-state index in [9.17, 15) is 0 Å². The molecule has 1 saturated carbocycles. The molecule has 0 aromatic heterocycles. The summed E-state index contributed by atoms with van der Waals surface area (Å²) in [4.78, 5) is 3.42. The summed E-state index contributed by atoms with van der Waals surface area (Å²) in [5.41, 5.74) is 0.986. The van der Waals surface area contributed by atoms with Crippen LogP contribution in [0.3, 0.4) is 0 Å². The van der Waals surface area contributed by atoms with Gasteiger partial charge in [0.1, 0.15) is 0 Å². The molecule has 1 radical (unpaired) electrons. The van der Waals surface area contributed by atoms with Crippen molar-refractivity contribution < 1.29 is 0 Å². The summed E-state index contributed by atoms with van der Waals surface area (Å²) in [6, 6.07) is 0. The van der Waals surface area contributed by atoms with Crippen LogP contribution in [0.4, 0.5) is 0 Å². The molecule has 57 valence electrons. The summed E-state index contributed by atoms with van der Waals surface area (Å²) in [6.45, 7) is 6.40. The molecular formula is C9H18Ga. The van der Waals surface area contributed by atoms with Gasteiger partial charge in [0.2, 0.25) is 0 Å². The first-order chi connectivity index (χ1) is 4.81. The molecule has 0 amide bonds. The molecule has 0 bridgehead atoms. The zero-order valence-electron chi connectivity index (χ0n) is 7.48. The van der Waals surface area contributed by atoms with Gasteiger partial charge in [0.25, 0.3) is 0 Å². The van der Waals surface area contributed by atoms with Crippen molar-refractivity contribution in [3.63, 3.8) is 0 Å². The Kier molecular flexibility index (Phi) is 2.93. The molecule has 1 aliphatic carbocycles. The quantitative estimate of drug-likeness (QED) is 0.522. The van der Waals surface area contributed by atoms with Crippen LogP contribution >= 0.6 is 0 Å². The molecule has 2 rings (SSSR count). The second-order valence-electron chi connectivity index (χ2n) is 3.71. The molecule has 1 heteroatoms. The molecule has 2 aliphatic rings. The van der Waals surface area contributed by atoms with Gasteiger partial charge < -0.3 is 0 Å². The molecule has 1 aliphatic heterocycles. The van der Waals surface area contributed by atoms with Gasteiger partial charge in [0.15, 0.2) is 0 Å². The first-order valence-electron chi connectivity index (χ1n) is 4.62. The van der Waals surface area contributed by atoms with Gasteiger partial charge in [-0.3, -0.25) is 0 Å². The molecule has 10 heavy (non-hydrogen) atoms. The summed E-state index contributed by atoms with van der Waals surface area (Å²) in [7, 11) is 0. The average molecular weight is 196 g/mol. The average Bonchev–Trinajstić information content (AvgIpc) is 1.82. The number of hydrogen-bond acceptors (Lipinski definition) is 0. The van der Waals surface area contributed by atoms with Gasteiger partial charge in [-0.2, -0.15) is 0 Å². The number of hydrogen-bond donors (Lipinski definition) is 0. The van der Waals surface area contributed by atoms with Crippen LogP contribution in [0.1, 0.15) is 33.6 Å². The monoisotopic (exact) mass is 195 g/mol. The van der Waals surface area contributed by atoms with E-state index in [1.165, 1.54) is 0 Å². The normalized spacial score (nSPS) is 27.1. The third-order valence-corrected chi connectivity index (χ3v) is 7.56. The van der Waals surface area contributed by atoms with Gasteiger partial charge in [-0.25, -0.2) is 0 Å². The van der Waals surface area contributed by atoms with Gasteiger partial charge in [0.05, 0.1) is 0 Å². The van der Waals surface area contributed by atoms with Crippen LogP contribution in [-0.4, -0.2) is 17.4 Å². The minimum atomic E-state index is 0.393. The van der Waals surface area contributed by atoms with Crippen molar-refractivity contribution in [2.45, 2.75) is 43.6 Å². The van der Waals surface area contributed by atoms with Crippen LogP contribution < -0.4 is 0 Å². The Balaban J connectivity index is 0.000000231. The maximum atomic E-state index is 2.40. The van der Waals surface area contributed by atoms with E-state index in [4.69, 9.17) is 0 Å². The molecule has 0 aromatic carbocycles. The second kappa shape index (κ2) is 3.36. The van der Waals surface area contributed by atoms with Crippen molar-refractivity contribution in [1.29, 1.82) is 0 Å². The third-order valence-electron chi connectivity index (χ3n) is 2.72. The molecule has 1 saturated heterocycles. The summed E-state index contributed by atoms with van der Waals surface area (Å²) < 4.78 is 0. The van der Waals surface area contributed by atoms with Gasteiger partial charge in [-0.05, 0) is 0 Å². The first-order valence-corrected chi connectivity index (χ1v) is 8.05. The summed E-state index contributed by atoms with van der Waals surface area (Å²) >= 11 is 0.393. The van der Waals surface area contributed by atoms with Crippen LogP contribution in [0.2, 0.25) is 9.95 Å². The van der Waals surface area contributed by atoms with E-state index in [1.54, 1.807) is 22.8 Å². The predicted molar refractivity (Wildman–Crippen MR) is 47.5 cm³/mol. The zero-order valence-corrected chi connectivity index (χ0v) is 9.91. The van der Waals surface area contributed by atoms with E-state index in [1.807, 2.05) is 13.8 Å². The van der Waals surface area contributed by atoms with Gasteiger partial charge >= 0.3 is 58.5 Å². The van der Waals surface area contributed by atoms with E-state index < -0.39 is 0 Å². The Bertz CT molecular complexity index is 97.3. The van der Waals surface area contributed by atoms with Crippen molar-refractivity contribution >= 4 is 17.4 Å². The molecule has 1 heterocycles. The first kappa shape index (κ1) is 8.73. The molecule has 0 nitrogen and oxygen atoms in total. The SMILES string of the molecule is CC.CC1CC2([CH2][Ga][CH2]2)C1. The van der Waals surface area contributed by atoms with E-state index in [0.717, 1.165) is 11.3 Å². The Morgan fingerprint density at radius 1 is 1.20 bits per heavy atom. The molecule has 2 fully saturated rings. The van der Waals surface area contributed by atoms with Crippen molar-refractivity contribution in [1.82, 2.24) is 0 Å². The standard InChI is InChI=1S/C7H12.C2H6.Ga/c1-6-4-7(2,3)5-6;1-2;/h6H,2-5H2,1H3;1-2H3;. The Labute approximate surface area is 72.6 Å². The van der Waals surface area contributed by atoms with Crippen molar-refractivity contribution in [2.24, 2.45) is 11.3 Å². The van der Waals surface area contributed by atoms with Crippen molar-refractivity contribution in [3.05, 3.63) is 0 Å². The molecular weight excluding hydrogens is 178 g/mol. The Morgan fingerprint density at radius 3 is 1.80 bits per heavy atom. The predicted octanol–water partition coefficient (Wildman–Crippen LogP) is 2.98. The molecule has 0 N–H and O–H groups in total. The fraction of sp³-hybridized carbons (Fsp3) is 1.00. The van der Waals surface area contributed by atoms with Crippen LogP contribution in [0.5, 0.6) is 0 Å². The fourth-order valence-electron chi connectivity index (χ4n) is 2.30. The minimum absolute atomic E-state index is 0.393. The zero-order chi connectivity index (χ0) is 7.61. The van der Waals surface area contributed by atoms with E-state index in [2.05, 4.69) is 6.92 Å². The molecule has 0 atom stereocenters. The van der Waals surface area contributed by atoms with Crippen LogP contribution in [-0.2, 0) is 0 Å². The summed E-state index contributed by atoms with van der Waals surface area (Å²) in [5.74, 6) is 1.09. The van der Waals surface area contributed by atoms with Crippen LogP contribution in [0.15, 0.2) is 0 Å². The Morgan fingerprint density at radius 2 is 1.70 bits per heavy atom. The third kappa shape index (κ3) is 1.45. The molecule has 1 spiro atoms. The summed E-state index contributed by atoms with van der Waals surface area (Å²) in [6.07, 6.45) is 3.18. The maximum absolute atomic E-state index is 2.40. The number of rotatable bonds is 0. The van der Waals surface area contributed by atoms with Crippen LogP contribution in [0.25, 0.3) is 0 Å². The van der Waals surface area contributed by atoms with E-state index >= 15 is 0 Å². The second-order valence-corrected chi connectivity index (χ2v) is 6.63. The molecule has 0 aromatic rings. The van der Waals surface area contributed by atoms with Gasteiger partial charge in [-0.1, -0.05) is 13.8 Å². The fourth-order valence-corrected chi connectivity index (χ4v) is 6.02. The van der Waals surface area contributed by atoms with Crippen molar-refractivity contribution in [3.8, 4) is 0 Å². The topological polar surface area (TPSA) is 0 Å². The summed E-state index contributed by atoms with van der Waals surface area (Å²) in [5, 5.41) is 0. The van der Waals surface area contributed by atoms with Gasteiger partial charge in [-0.15, -0.1) is 0 Å². The van der Waals surface area contributed by atoms with Gasteiger partial charge in [0, 0.05) is 0 Å². The molecule has 0 unspecified atom stereocenters. The van der Waals surface area contributed by atoms with E-state index in [-0.39, 0.29) is 0 Å².